The number of anilines is 1. The molecule has 0 saturated carbocycles. The number of fused-ring (bicyclic) bond motifs is 1. The molecule has 5 heteroatoms. The zero-order chi connectivity index (χ0) is 18.5. The normalized spacial score (nSPS) is 14.5. The number of carbonyl (C=O) groups is 1. The van der Waals surface area contributed by atoms with Crippen molar-refractivity contribution in [2.75, 3.05) is 37.6 Å². The van der Waals surface area contributed by atoms with Crippen molar-refractivity contribution in [1.82, 2.24) is 14.8 Å². The van der Waals surface area contributed by atoms with Gasteiger partial charge in [-0.3, -0.25) is 0 Å². The lowest BCUT2D eigenvalue weighted by atomic mass is 10.2. The van der Waals surface area contributed by atoms with Gasteiger partial charge in [0.15, 0.2) is 0 Å². The molecule has 1 saturated heterocycles. The van der Waals surface area contributed by atoms with Crippen molar-refractivity contribution in [3.63, 3.8) is 0 Å². The molecule has 140 valence electrons. The molecule has 4 rings (SSSR count). The van der Waals surface area contributed by atoms with Crippen LogP contribution in [0.5, 0.6) is 0 Å². The van der Waals surface area contributed by atoms with E-state index in [-0.39, 0.29) is 6.03 Å². The van der Waals surface area contributed by atoms with Gasteiger partial charge >= 0.3 is 6.03 Å². The number of nitrogens with one attached hydrogen (secondary N) is 1. The zero-order valence-corrected chi connectivity index (χ0v) is 15.6. The maximum atomic E-state index is 12.4. The molecule has 2 aromatic carbocycles. The summed E-state index contributed by atoms with van der Waals surface area (Å²) < 4.78 is 2.25. The van der Waals surface area contributed by atoms with Crippen molar-refractivity contribution in [3.8, 4) is 0 Å². The molecule has 2 amide bonds. The SMILES string of the molecule is O=C(NCCCn1ccc2ccccc21)N1CCN(c2ccccc2)CC1. The fraction of sp³-hybridized carbons (Fsp3) is 0.318. The first kappa shape index (κ1) is 17.5. The van der Waals surface area contributed by atoms with E-state index in [1.165, 1.54) is 16.6 Å². The summed E-state index contributed by atoms with van der Waals surface area (Å²) in [7, 11) is 0. The Morgan fingerprint density at radius 1 is 0.889 bits per heavy atom. The molecule has 2 heterocycles. The minimum atomic E-state index is 0.0556. The Hall–Kier alpha value is -2.95. The lowest BCUT2D eigenvalue weighted by molar-refractivity contribution is 0.194. The van der Waals surface area contributed by atoms with Crippen molar-refractivity contribution in [1.29, 1.82) is 0 Å². The summed E-state index contributed by atoms with van der Waals surface area (Å²) in [5.74, 6) is 0. The highest BCUT2D eigenvalue weighted by atomic mass is 16.2. The average Bonchev–Trinajstić information content (AvgIpc) is 3.15. The molecule has 1 N–H and O–H groups in total. The van der Waals surface area contributed by atoms with E-state index in [9.17, 15) is 4.79 Å². The molecular formula is C22H26N4O. The molecule has 1 aliphatic rings. The number of aryl methyl sites for hydroxylation is 1. The first-order valence-electron chi connectivity index (χ1n) is 9.68. The predicted octanol–water partition coefficient (Wildman–Crippen LogP) is 3.56. The number of benzene rings is 2. The molecule has 27 heavy (non-hydrogen) atoms. The molecule has 1 aromatic heterocycles. The van der Waals surface area contributed by atoms with Gasteiger partial charge < -0.3 is 19.7 Å². The van der Waals surface area contributed by atoms with Gasteiger partial charge in [-0.05, 0) is 36.1 Å². The molecule has 5 nitrogen and oxygen atoms in total. The van der Waals surface area contributed by atoms with E-state index in [1.54, 1.807) is 0 Å². The third-order valence-electron chi connectivity index (χ3n) is 5.22. The number of para-hydroxylation sites is 2. The van der Waals surface area contributed by atoms with Crippen molar-refractivity contribution < 1.29 is 4.79 Å². The Balaban J connectivity index is 1.20. The second kappa shape index (κ2) is 8.16. The summed E-state index contributed by atoms with van der Waals surface area (Å²) in [6.07, 6.45) is 3.05. The first-order valence-corrected chi connectivity index (χ1v) is 9.68. The largest absolute Gasteiger partial charge is 0.368 e. The number of carbonyl (C=O) groups excluding carboxylic acids is 1. The molecule has 1 fully saturated rings. The summed E-state index contributed by atoms with van der Waals surface area (Å²) in [6.45, 7) is 4.91. The van der Waals surface area contributed by atoms with Crippen LogP contribution in [-0.4, -0.2) is 48.2 Å². The van der Waals surface area contributed by atoms with E-state index >= 15 is 0 Å². The number of urea groups is 1. The summed E-state index contributed by atoms with van der Waals surface area (Å²) in [4.78, 5) is 16.7. The molecule has 0 bridgehead atoms. The van der Waals surface area contributed by atoms with Crippen LogP contribution in [0.15, 0.2) is 66.9 Å². The Labute approximate surface area is 160 Å². The molecule has 3 aromatic rings. The number of hydrogen-bond donors (Lipinski definition) is 1. The zero-order valence-electron chi connectivity index (χ0n) is 15.6. The quantitative estimate of drug-likeness (QED) is 0.705. The highest BCUT2D eigenvalue weighted by molar-refractivity contribution is 5.79. The summed E-state index contributed by atoms with van der Waals surface area (Å²) in [5, 5.41) is 4.33. The summed E-state index contributed by atoms with van der Waals surface area (Å²) >= 11 is 0. The fourth-order valence-electron chi connectivity index (χ4n) is 3.70. The van der Waals surface area contributed by atoms with Gasteiger partial charge in [0.1, 0.15) is 0 Å². The minimum Gasteiger partial charge on any atom is -0.368 e. The maximum absolute atomic E-state index is 12.4. The monoisotopic (exact) mass is 362 g/mol. The van der Waals surface area contributed by atoms with Gasteiger partial charge in [0.05, 0.1) is 0 Å². The van der Waals surface area contributed by atoms with Gasteiger partial charge in [0, 0.05) is 56.7 Å². The third-order valence-corrected chi connectivity index (χ3v) is 5.22. The molecule has 0 aliphatic carbocycles. The van der Waals surface area contributed by atoms with Crippen LogP contribution >= 0.6 is 0 Å². The van der Waals surface area contributed by atoms with Crippen LogP contribution in [0.1, 0.15) is 6.42 Å². The maximum Gasteiger partial charge on any atom is 0.317 e. The number of hydrogen-bond acceptors (Lipinski definition) is 2. The number of aromatic nitrogens is 1. The van der Waals surface area contributed by atoms with Crippen LogP contribution < -0.4 is 10.2 Å². The van der Waals surface area contributed by atoms with Gasteiger partial charge in [0.2, 0.25) is 0 Å². The van der Waals surface area contributed by atoms with Crippen molar-refractivity contribution in [3.05, 3.63) is 66.9 Å². The van der Waals surface area contributed by atoms with Crippen LogP contribution in [0.4, 0.5) is 10.5 Å². The van der Waals surface area contributed by atoms with E-state index in [0.29, 0.717) is 6.54 Å². The lowest BCUT2D eigenvalue weighted by Crippen LogP contribution is -2.52. The summed E-state index contributed by atoms with van der Waals surface area (Å²) in [5.41, 5.74) is 2.48. The van der Waals surface area contributed by atoms with Gasteiger partial charge in [-0.25, -0.2) is 4.79 Å². The highest BCUT2D eigenvalue weighted by Crippen LogP contribution is 2.16. The van der Waals surface area contributed by atoms with Crippen molar-refractivity contribution >= 4 is 22.6 Å². The van der Waals surface area contributed by atoms with Crippen molar-refractivity contribution in [2.24, 2.45) is 0 Å². The Bertz CT molecular complexity index is 881. The first-order chi connectivity index (χ1) is 13.3. The molecule has 0 atom stereocenters. The van der Waals surface area contributed by atoms with Gasteiger partial charge in [-0.2, -0.15) is 0 Å². The molecular weight excluding hydrogens is 336 g/mol. The summed E-state index contributed by atoms with van der Waals surface area (Å²) in [6, 6.07) is 21.0. The smallest absolute Gasteiger partial charge is 0.317 e. The van der Waals surface area contributed by atoms with E-state index < -0.39 is 0 Å². The molecule has 0 spiro atoms. The van der Waals surface area contributed by atoms with E-state index in [2.05, 4.69) is 75.6 Å². The molecule has 0 radical (unpaired) electrons. The van der Waals surface area contributed by atoms with Gasteiger partial charge in [0.25, 0.3) is 0 Å². The molecule has 1 aliphatic heterocycles. The van der Waals surface area contributed by atoms with Crippen molar-refractivity contribution in [2.45, 2.75) is 13.0 Å². The second-order valence-electron chi connectivity index (χ2n) is 6.96. The Morgan fingerprint density at radius 2 is 1.63 bits per heavy atom. The van der Waals surface area contributed by atoms with Crippen LogP contribution in [0, 0.1) is 0 Å². The topological polar surface area (TPSA) is 40.5 Å². The number of piperazine rings is 1. The predicted molar refractivity (Wildman–Crippen MR) is 110 cm³/mol. The van der Waals surface area contributed by atoms with Gasteiger partial charge in [-0.1, -0.05) is 36.4 Å². The number of amides is 2. The Morgan fingerprint density at radius 3 is 2.44 bits per heavy atom. The van der Waals surface area contributed by atoms with Crippen LogP contribution in [0.3, 0.4) is 0 Å². The van der Waals surface area contributed by atoms with Crippen LogP contribution in [0.25, 0.3) is 10.9 Å². The standard InChI is InChI=1S/C22H26N4O/c27-22(26-17-15-24(16-18-26)20-8-2-1-3-9-20)23-12-6-13-25-14-11-19-7-4-5-10-21(19)25/h1-5,7-11,14H,6,12-13,15-18H2,(H,23,27). The second-order valence-corrected chi connectivity index (χ2v) is 6.96. The van der Waals surface area contributed by atoms with Crippen LogP contribution in [0.2, 0.25) is 0 Å². The average molecular weight is 362 g/mol. The highest BCUT2D eigenvalue weighted by Gasteiger charge is 2.20. The van der Waals surface area contributed by atoms with E-state index in [1.807, 2.05) is 11.0 Å². The Kier molecular flexibility index (Phi) is 5.28. The number of nitrogens with zero attached hydrogens (tertiary/aromatic N) is 3. The molecule has 0 unspecified atom stereocenters. The lowest BCUT2D eigenvalue weighted by Gasteiger charge is -2.36. The van der Waals surface area contributed by atoms with E-state index in [4.69, 9.17) is 0 Å². The fourth-order valence-corrected chi connectivity index (χ4v) is 3.70. The number of rotatable bonds is 5. The van der Waals surface area contributed by atoms with Gasteiger partial charge in [-0.15, -0.1) is 0 Å². The third kappa shape index (κ3) is 4.08. The van der Waals surface area contributed by atoms with Crippen LogP contribution in [-0.2, 0) is 6.54 Å². The minimum absolute atomic E-state index is 0.0556. The van der Waals surface area contributed by atoms with E-state index in [0.717, 1.165) is 39.1 Å².